The van der Waals surface area contributed by atoms with Crippen LogP contribution in [0.3, 0.4) is 0 Å². The van der Waals surface area contributed by atoms with Gasteiger partial charge < -0.3 is 4.90 Å². The van der Waals surface area contributed by atoms with E-state index in [0.717, 1.165) is 13.0 Å². The van der Waals surface area contributed by atoms with Gasteiger partial charge in [-0.25, -0.2) is 0 Å². The van der Waals surface area contributed by atoms with Gasteiger partial charge in [0.15, 0.2) is 0 Å². The Balaban J connectivity index is 2.51. The molecule has 0 aromatic carbocycles. The van der Waals surface area contributed by atoms with Gasteiger partial charge in [-0.1, -0.05) is 51.2 Å². The van der Waals surface area contributed by atoms with Gasteiger partial charge in [0.2, 0.25) is 0 Å². The SMILES string of the molecule is CC=C(CC)N(CC=CC(C)C)C1C=C1. The molecule has 0 aromatic heterocycles. The zero-order valence-corrected chi connectivity index (χ0v) is 10.4. The van der Waals surface area contributed by atoms with Gasteiger partial charge in [-0.05, 0) is 19.3 Å². The fraction of sp³-hybridized carbons (Fsp3) is 0.571. The molecular weight excluding hydrogens is 182 g/mol. The highest BCUT2D eigenvalue weighted by Gasteiger charge is 2.20. The van der Waals surface area contributed by atoms with Gasteiger partial charge in [-0.3, -0.25) is 0 Å². The predicted octanol–water partition coefficient (Wildman–Crippen LogP) is 3.75. The van der Waals surface area contributed by atoms with Crippen molar-refractivity contribution in [3.8, 4) is 0 Å². The molecule has 0 radical (unpaired) electrons. The van der Waals surface area contributed by atoms with E-state index in [9.17, 15) is 0 Å². The minimum atomic E-state index is 0.577. The van der Waals surface area contributed by atoms with Gasteiger partial charge in [0.25, 0.3) is 0 Å². The smallest absolute Gasteiger partial charge is 0.0659 e. The van der Waals surface area contributed by atoms with Crippen LogP contribution in [0.4, 0.5) is 0 Å². The van der Waals surface area contributed by atoms with Crippen molar-refractivity contribution in [1.82, 2.24) is 4.90 Å². The van der Waals surface area contributed by atoms with Crippen molar-refractivity contribution in [3.63, 3.8) is 0 Å². The third-order valence-electron chi connectivity index (χ3n) is 2.61. The number of hydrogen-bond acceptors (Lipinski definition) is 1. The summed E-state index contributed by atoms with van der Waals surface area (Å²) in [5.74, 6) is 0.648. The van der Waals surface area contributed by atoms with Gasteiger partial charge in [-0.2, -0.15) is 0 Å². The molecule has 0 N–H and O–H groups in total. The Bertz CT molecular complexity index is 265. The molecule has 0 spiro atoms. The Hall–Kier alpha value is -0.980. The maximum atomic E-state index is 2.46. The molecule has 84 valence electrons. The Morgan fingerprint density at radius 1 is 1.40 bits per heavy atom. The first-order valence-electron chi connectivity index (χ1n) is 5.95. The van der Waals surface area contributed by atoms with Crippen molar-refractivity contribution in [2.24, 2.45) is 5.92 Å². The molecule has 0 amide bonds. The molecule has 1 nitrogen and oxygen atoms in total. The molecule has 1 aliphatic carbocycles. The normalized spacial score (nSPS) is 16.7. The first-order chi connectivity index (χ1) is 7.19. The Morgan fingerprint density at radius 3 is 2.47 bits per heavy atom. The Kier molecular flexibility index (Phi) is 4.67. The molecule has 0 aromatic rings. The summed E-state index contributed by atoms with van der Waals surface area (Å²) in [6.45, 7) is 9.81. The molecule has 0 unspecified atom stereocenters. The van der Waals surface area contributed by atoms with Crippen molar-refractivity contribution in [3.05, 3.63) is 36.1 Å². The average molecular weight is 205 g/mol. The zero-order chi connectivity index (χ0) is 11.3. The largest absolute Gasteiger partial charge is 0.361 e. The van der Waals surface area contributed by atoms with Crippen LogP contribution in [0.15, 0.2) is 36.1 Å². The predicted molar refractivity (Wildman–Crippen MR) is 67.7 cm³/mol. The molecule has 15 heavy (non-hydrogen) atoms. The van der Waals surface area contributed by atoms with Gasteiger partial charge >= 0.3 is 0 Å². The third-order valence-corrected chi connectivity index (χ3v) is 2.61. The van der Waals surface area contributed by atoms with E-state index in [4.69, 9.17) is 0 Å². The van der Waals surface area contributed by atoms with Crippen LogP contribution < -0.4 is 0 Å². The van der Waals surface area contributed by atoms with E-state index >= 15 is 0 Å². The summed E-state index contributed by atoms with van der Waals surface area (Å²) in [5.41, 5.74) is 1.44. The monoisotopic (exact) mass is 205 g/mol. The van der Waals surface area contributed by atoms with E-state index in [1.165, 1.54) is 5.70 Å². The van der Waals surface area contributed by atoms with E-state index in [1.807, 2.05) is 0 Å². The summed E-state index contributed by atoms with van der Waals surface area (Å²) >= 11 is 0. The number of allylic oxidation sites excluding steroid dienone is 3. The van der Waals surface area contributed by atoms with Crippen LogP contribution in [0, 0.1) is 5.92 Å². The van der Waals surface area contributed by atoms with E-state index in [-0.39, 0.29) is 0 Å². The Morgan fingerprint density at radius 2 is 2.07 bits per heavy atom. The molecule has 1 heteroatoms. The molecule has 0 saturated carbocycles. The van der Waals surface area contributed by atoms with Crippen molar-refractivity contribution < 1.29 is 0 Å². The number of rotatable bonds is 6. The summed E-state index contributed by atoms with van der Waals surface area (Å²) < 4.78 is 0. The second kappa shape index (κ2) is 5.79. The second-order valence-electron chi connectivity index (χ2n) is 4.33. The van der Waals surface area contributed by atoms with E-state index in [2.05, 4.69) is 63.0 Å². The van der Waals surface area contributed by atoms with Crippen LogP contribution in [0.2, 0.25) is 0 Å². The summed E-state index contributed by atoms with van der Waals surface area (Å²) in [4.78, 5) is 2.46. The van der Waals surface area contributed by atoms with Crippen LogP contribution in [-0.4, -0.2) is 17.5 Å². The highest BCUT2D eigenvalue weighted by Crippen LogP contribution is 2.22. The van der Waals surface area contributed by atoms with Crippen LogP contribution in [0.1, 0.15) is 34.1 Å². The lowest BCUT2D eigenvalue weighted by molar-refractivity contribution is 0.377. The molecule has 0 heterocycles. The lowest BCUT2D eigenvalue weighted by Gasteiger charge is -2.25. The molecule has 0 atom stereocenters. The maximum absolute atomic E-state index is 2.46. The quantitative estimate of drug-likeness (QED) is 0.597. The van der Waals surface area contributed by atoms with E-state index in [0.29, 0.717) is 12.0 Å². The molecule has 0 saturated heterocycles. The molecular formula is C14H23N. The molecule has 1 aliphatic rings. The highest BCUT2D eigenvalue weighted by molar-refractivity contribution is 5.25. The highest BCUT2D eigenvalue weighted by atomic mass is 15.2. The van der Waals surface area contributed by atoms with Crippen molar-refractivity contribution in [1.29, 1.82) is 0 Å². The van der Waals surface area contributed by atoms with Crippen molar-refractivity contribution in [2.45, 2.75) is 40.2 Å². The zero-order valence-electron chi connectivity index (χ0n) is 10.4. The van der Waals surface area contributed by atoms with Crippen LogP contribution in [-0.2, 0) is 0 Å². The molecule has 0 aliphatic heterocycles. The third kappa shape index (κ3) is 3.94. The van der Waals surface area contributed by atoms with Gasteiger partial charge in [0.1, 0.15) is 0 Å². The van der Waals surface area contributed by atoms with Crippen molar-refractivity contribution >= 4 is 0 Å². The fourth-order valence-corrected chi connectivity index (χ4v) is 1.71. The summed E-state index contributed by atoms with van der Waals surface area (Å²) in [5, 5.41) is 0. The lowest BCUT2D eigenvalue weighted by Crippen LogP contribution is -2.26. The first kappa shape index (κ1) is 12.1. The molecule has 1 rings (SSSR count). The van der Waals surface area contributed by atoms with Gasteiger partial charge in [0.05, 0.1) is 6.04 Å². The van der Waals surface area contributed by atoms with Gasteiger partial charge in [0, 0.05) is 12.2 Å². The summed E-state index contributed by atoms with van der Waals surface area (Å²) in [6.07, 6.45) is 12.4. The summed E-state index contributed by atoms with van der Waals surface area (Å²) in [7, 11) is 0. The Labute approximate surface area is 94.2 Å². The number of hydrogen-bond donors (Lipinski definition) is 0. The van der Waals surface area contributed by atoms with Crippen LogP contribution in [0.25, 0.3) is 0 Å². The molecule has 0 bridgehead atoms. The second-order valence-corrected chi connectivity index (χ2v) is 4.33. The van der Waals surface area contributed by atoms with Crippen molar-refractivity contribution in [2.75, 3.05) is 6.54 Å². The average Bonchev–Trinajstić information content (AvgIpc) is 3.00. The first-order valence-corrected chi connectivity index (χ1v) is 5.95. The number of nitrogens with zero attached hydrogens (tertiary/aromatic N) is 1. The maximum Gasteiger partial charge on any atom is 0.0659 e. The van der Waals surface area contributed by atoms with Gasteiger partial charge in [-0.15, -0.1) is 0 Å². The summed E-state index contributed by atoms with van der Waals surface area (Å²) in [6, 6.07) is 0.577. The lowest BCUT2D eigenvalue weighted by atomic mass is 10.2. The topological polar surface area (TPSA) is 3.24 Å². The standard InChI is InChI=1S/C14H23N/c1-5-13(6-2)15(14-9-10-14)11-7-8-12(3)4/h5,7-10,12,14H,6,11H2,1-4H3. The fourth-order valence-electron chi connectivity index (χ4n) is 1.71. The molecule has 0 fully saturated rings. The minimum absolute atomic E-state index is 0.577. The minimum Gasteiger partial charge on any atom is -0.361 e. The van der Waals surface area contributed by atoms with E-state index < -0.39 is 0 Å². The van der Waals surface area contributed by atoms with Crippen LogP contribution in [0.5, 0.6) is 0 Å². The van der Waals surface area contributed by atoms with Crippen LogP contribution >= 0.6 is 0 Å². The van der Waals surface area contributed by atoms with E-state index in [1.54, 1.807) is 0 Å².